The molecule has 0 unspecified atom stereocenters. The summed E-state index contributed by atoms with van der Waals surface area (Å²) in [5.74, 6) is 0. The highest BCUT2D eigenvalue weighted by Crippen LogP contribution is 2.27. The summed E-state index contributed by atoms with van der Waals surface area (Å²) in [4.78, 5) is 13.2. The van der Waals surface area contributed by atoms with Crippen LogP contribution in [-0.4, -0.2) is 6.08 Å². The van der Waals surface area contributed by atoms with Crippen LogP contribution in [0.25, 0.3) is 0 Å². The fourth-order valence-electron chi connectivity index (χ4n) is 0.621. The van der Waals surface area contributed by atoms with Gasteiger partial charge in [-0.2, -0.15) is 4.99 Å². The molecule has 11 heavy (non-hydrogen) atoms. The highest BCUT2D eigenvalue weighted by atomic mass is 79.9. The maximum atomic E-state index is 9.85. The Hall–Kier alpha value is -0.630. The molecule has 0 aliphatic rings. The van der Waals surface area contributed by atoms with E-state index in [9.17, 15) is 4.79 Å². The fourth-order valence-corrected chi connectivity index (χ4v) is 1.34. The van der Waals surface area contributed by atoms with Crippen LogP contribution in [0.5, 0.6) is 0 Å². The molecular formula is C7H3BrClNO. The highest BCUT2D eigenvalue weighted by Gasteiger charge is 1.97. The van der Waals surface area contributed by atoms with Gasteiger partial charge in [0.05, 0.1) is 10.7 Å². The van der Waals surface area contributed by atoms with E-state index in [1.807, 2.05) is 0 Å². The number of benzene rings is 1. The van der Waals surface area contributed by atoms with Gasteiger partial charge >= 0.3 is 0 Å². The van der Waals surface area contributed by atoms with E-state index < -0.39 is 0 Å². The Labute approximate surface area is 77.0 Å². The van der Waals surface area contributed by atoms with Gasteiger partial charge in [0.25, 0.3) is 0 Å². The van der Waals surface area contributed by atoms with E-state index in [-0.39, 0.29) is 0 Å². The van der Waals surface area contributed by atoms with Crippen molar-refractivity contribution in [3.63, 3.8) is 0 Å². The quantitative estimate of drug-likeness (QED) is 0.540. The smallest absolute Gasteiger partial charge is 0.211 e. The summed E-state index contributed by atoms with van der Waals surface area (Å²) in [7, 11) is 0. The van der Waals surface area contributed by atoms with Crippen LogP contribution in [0, 0.1) is 0 Å². The zero-order valence-electron chi connectivity index (χ0n) is 5.34. The van der Waals surface area contributed by atoms with Gasteiger partial charge in [-0.15, -0.1) is 0 Å². The van der Waals surface area contributed by atoms with Crippen LogP contribution in [0.15, 0.2) is 27.7 Å². The van der Waals surface area contributed by atoms with Crippen molar-refractivity contribution in [2.75, 3.05) is 0 Å². The van der Waals surface area contributed by atoms with E-state index in [1.165, 1.54) is 6.08 Å². The molecule has 1 aromatic rings. The number of nitrogens with zero attached hydrogens (tertiary/aromatic N) is 1. The third-order valence-corrected chi connectivity index (χ3v) is 1.87. The first kappa shape index (κ1) is 8.47. The molecule has 0 amide bonds. The molecule has 1 aromatic carbocycles. The van der Waals surface area contributed by atoms with Crippen molar-refractivity contribution in [1.29, 1.82) is 0 Å². The second kappa shape index (κ2) is 3.67. The number of hydrogen-bond donors (Lipinski definition) is 0. The molecule has 0 saturated heterocycles. The number of halogens is 2. The van der Waals surface area contributed by atoms with E-state index >= 15 is 0 Å². The molecule has 4 heteroatoms. The summed E-state index contributed by atoms with van der Waals surface area (Å²) in [6.45, 7) is 0. The molecule has 0 spiro atoms. The predicted molar refractivity (Wildman–Crippen MR) is 46.9 cm³/mol. The first-order chi connectivity index (χ1) is 5.24. The summed E-state index contributed by atoms with van der Waals surface area (Å²) in [5, 5.41) is 0.433. The van der Waals surface area contributed by atoms with Crippen LogP contribution in [0.3, 0.4) is 0 Å². The van der Waals surface area contributed by atoms with Crippen molar-refractivity contribution in [3.05, 3.63) is 27.7 Å². The van der Waals surface area contributed by atoms with Gasteiger partial charge in [0.15, 0.2) is 0 Å². The van der Waals surface area contributed by atoms with Gasteiger partial charge in [-0.3, -0.25) is 0 Å². The Morgan fingerprint density at radius 1 is 1.55 bits per heavy atom. The molecule has 1 rings (SSSR count). The van der Waals surface area contributed by atoms with Gasteiger partial charge in [-0.05, 0) is 18.2 Å². The van der Waals surface area contributed by atoms with Crippen LogP contribution >= 0.6 is 27.5 Å². The number of aliphatic imine (C=N–C) groups is 1. The molecule has 0 radical (unpaired) electrons. The fraction of sp³-hybridized carbons (Fsp3) is 0. The molecular weight excluding hydrogens is 229 g/mol. The second-order valence-electron chi connectivity index (χ2n) is 1.80. The van der Waals surface area contributed by atoms with Crippen LogP contribution in [0.2, 0.25) is 5.02 Å². The maximum absolute atomic E-state index is 9.85. The number of carbonyl (C=O) groups excluding carboxylic acids is 1. The van der Waals surface area contributed by atoms with E-state index in [2.05, 4.69) is 20.9 Å². The molecule has 0 fully saturated rings. The first-order valence-electron chi connectivity index (χ1n) is 2.77. The van der Waals surface area contributed by atoms with E-state index in [0.717, 1.165) is 4.47 Å². The molecule has 56 valence electrons. The van der Waals surface area contributed by atoms with E-state index in [0.29, 0.717) is 10.7 Å². The normalized spacial score (nSPS) is 8.91. The summed E-state index contributed by atoms with van der Waals surface area (Å²) in [5.41, 5.74) is 0.435. The monoisotopic (exact) mass is 231 g/mol. The first-order valence-corrected chi connectivity index (χ1v) is 3.94. The average molecular weight is 232 g/mol. The van der Waals surface area contributed by atoms with Crippen LogP contribution in [0.4, 0.5) is 5.69 Å². The molecule has 0 aromatic heterocycles. The summed E-state index contributed by atoms with van der Waals surface area (Å²) >= 11 is 8.93. The zero-order valence-corrected chi connectivity index (χ0v) is 7.69. The third kappa shape index (κ3) is 2.15. The van der Waals surface area contributed by atoms with Crippen molar-refractivity contribution in [1.82, 2.24) is 0 Å². The lowest BCUT2D eigenvalue weighted by Gasteiger charge is -1.94. The zero-order chi connectivity index (χ0) is 8.27. The third-order valence-electron chi connectivity index (χ3n) is 1.08. The van der Waals surface area contributed by atoms with Gasteiger partial charge in [0.1, 0.15) is 0 Å². The van der Waals surface area contributed by atoms with Crippen molar-refractivity contribution in [2.24, 2.45) is 4.99 Å². The largest absolute Gasteiger partial charge is 0.240 e. The molecule has 0 saturated carbocycles. The molecule has 2 nitrogen and oxygen atoms in total. The standard InChI is InChI=1S/C7H3BrClNO/c8-5-1-2-7(10-4-11)6(9)3-5/h1-3H. The van der Waals surface area contributed by atoms with Crippen LogP contribution in [0.1, 0.15) is 0 Å². The molecule has 0 bridgehead atoms. The Morgan fingerprint density at radius 3 is 2.82 bits per heavy atom. The minimum Gasteiger partial charge on any atom is -0.211 e. The predicted octanol–water partition coefficient (Wildman–Crippen LogP) is 3.07. The lowest BCUT2D eigenvalue weighted by molar-refractivity contribution is 0.565. The average Bonchev–Trinajstić information content (AvgIpc) is 1.95. The summed E-state index contributed by atoms with van der Waals surface area (Å²) in [6.07, 6.45) is 1.42. The minimum absolute atomic E-state index is 0.433. The van der Waals surface area contributed by atoms with Crippen LogP contribution < -0.4 is 0 Å². The molecule has 0 aliphatic heterocycles. The highest BCUT2D eigenvalue weighted by molar-refractivity contribution is 9.10. The van der Waals surface area contributed by atoms with Crippen LogP contribution in [-0.2, 0) is 4.79 Å². The second-order valence-corrected chi connectivity index (χ2v) is 3.12. The van der Waals surface area contributed by atoms with Crippen molar-refractivity contribution in [3.8, 4) is 0 Å². The van der Waals surface area contributed by atoms with E-state index in [1.54, 1.807) is 18.2 Å². The Bertz CT molecular complexity index is 320. The topological polar surface area (TPSA) is 29.4 Å². The maximum Gasteiger partial charge on any atom is 0.240 e. The van der Waals surface area contributed by atoms with Crippen molar-refractivity contribution < 1.29 is 4.79 Å². The van der Waals surface area contributed by atoms with Gasteiger partial charge < -0.3 is 0 Å². The SMILES string of the molecule is O=C=Nc1ccc(Br)cc1Cl. The van der Waals surface area contributed by atoms with Gasteiger partial charge in [-0.1, -0.05) is 27.5 Å². The van der Waals surface area contributed by atoms with E-state index in [4.69, 9.17) is 11.6 Å². The summed E-state index contributed by atoms with van der Waals surface area (Å²) in [6, 6.07) is 5.05. The Morgan fingerprint density at radius 2 is 2.27 bits per heavy atom. The van der Waals surface area contributed by atoms with Gasteiger partial charge in [-0.25, -0.2) is 4.79 Å². The number of isocyanates is 1. The minimum atomic E-state index is 0.433. The molecule has 0 aliphatic carbocycles. The van der Waals surface area contributed by atoms with Gasteiger partial charge in [0.2, 0.25) is 6.08 Å². The van der Waals surface area contributed by atoms with Crippen molar-refractivity contribution >= 4 is 39.3 Å². The van der Waals surface area contributed by atoms with Crippen molar-refractivity contribution in [2.45, 2.75) is 0 Å². The number of hydrogen-bond acceptors (Lipinski definition) is 2. The van der Waals surface area contributed by atoms with Gasteiger partial charge in [0, 0.05) is 4.47 Å². The Kier molecular flexibility index (Phi) is 2.83. The molecule has 0 atom stereocenters. The molecule has 0 N–H and O–H groups in total. The summed E-state index contributed by atoms with van der Waals surface area (Å²) < 4.78 is 0.854. The lowest BCUT2D eigenvalue weighted by Crippen LogP contribution is -1.68. The molecule has 0 heterocycles. The Balaban J connectivity index is 3.19. The number of rotatable bonds is 1. The lowest BCUT2D eigenvalue weighted by atomic mass is 10.3.